The third-order valence-corrected chi connectivity index (χ3v) is 3.35. The van der Waals surface area contributed by atoms with Crippen LogP contribution in [0, 0.1) is 0 Å². The van der Waals surface area contributed by atoms with Gasteiger partial charge in [0.2, 0.25) is 0 Å². The smallest absolute Gasteiger partial charge is 0.0910 e. The highest BCUT2D eigenvalue weighted by molar-refractivity contribution is 5.04. The number of nitrogens with two attached hydrogens (primary N) is 1. The molecule has 2 N–H and O–H groups in total. The number of hydrogen-bond acceptors (Lipinski definition) is 5. The van der Waals surface area contributed by atoms with Crippen LogP contribution in [0.25, 0.3) is 0 Å². The van der Waals surface area contributed by atoms with Crippen molar-refractivity contribution in [2.24, 2.45) is 12.8 Å². The van der Waals surface area contributed by atoms with Gasteiger partial charge in [-0.2, -0.15) is 0 Å². The number of ether oxygens (including phenoxy) is 1. The molecule has 1 fully saturated rings. The zero-order valence-corrected chi connectivity index (χ0v) is 10.7. The van der Waals surface area contributed by atoms with E-state index in [1.165, 1.54) is 0 Å². The molecule has 0 bridgehead atoms. The molecule has 1 aromatic heterocycles. The van der Waals surface area contributed by atoms with Gasteiger partial charge in [-0.1, -0.05) is 5.21 Å². The van der Waals surface area contributed by atoms with Crippen LogP contribution in [0.15, 0.2) is 6.20 Å². The maximum absolute atomic E-state index is 6.22. The Morgan fingerprint density at radius 1 is 1.53 bits per heavy atom. The highest BCUT2D eigenvalue weighted by Crippen LogP contribution is 2.19. The minimum Gasteiger partial charge on any atom is -0.374 e. The fourth-order valence-electron chi connectivity index (χ4n) is 2.17. The van der Waals surface area contributed by atoms with Gasteiger partial charge in [0.05, 0.1) is 30.6 Å². The average Bonchev–Trinajstić information content (AvgIpc) is 2.74. The predicted octanol–water partition coefficient (Wildman–Crippen LogP) is -0.0759. The first-order valence-electron chi connectivity index (χ1n) is 6.05. The molecule has 1 saturated heterocycles. The molecule has 2 heterocycles. The Balaban J connectivity index is 2.05. The van der Waals surface area contributed by atoms with Crippen molar-refractivity contribution < 1.29 is 4.74 Å². The first kappa shape index (κ1) is 12.5. The molecule has 0 saturated carbocycles. The summed E-state index contributed by atoms with van der Waals surface area (Å²) in [5.74, 6) is 0. The molecule has 0 radical (unpaired) electrons. The van der Waals surface area contributed by atoms with Crippen LogP contribution in [0.4, 0.5) is 0 Å². The van der Waals surface area contributed by atoms with Gasteiger partial charge in [0.15, 0.2) is 0 Å². The van der Waals surface area contributed by atoms with Crippen molar-refractivity contribution in [1.29, 1.82) is 0 Å². The summed E-state index contributed by atoms with van der Waals surface area (Å²) in [6.45, 7) is 6.97. The number of aryl methyl sites for hydroxylation is 1. The molecule has 1 aliphatic rings. The lowest BCUT2D eigenvalue weighted by molar-refractivity contribution is -0.0512. The molecule has 6 heteroatoms. The monoisotopic (exact) mass is 239 g/mol. The Morgan fingerprint density at radius 3 is 2.88 bits per heavy atom. The van der Waals surface area contributed by atoms with Gasteiger partial charge in [0.1, 0.15) is 0 Å². The van der Waals surface area contributed by atoms with Crippen LogP contribution in [0.3, 0.4) is 0 Å². The summed E-state index contributed by atoms with van der Waals surface area (Å²) < 4.78 is 7.47. The SMILES string of the molecule is CC(C)N1CCOC(C(N)c2cnnn2C)C1. The Labute approximate surface area is 102 Å². The van der Waals surface area contributed by atoms with Gasteiger partial charge in [-0.3, -0.25) is 9.58 Å². The van der Waals surface area contributed by atoms with Crippen molar-refractivity contribution in [2.75, 3.05) is 19.7 Å². The zero-order valence-electron chi connectivity index (χ0n) is 10.7. The largest absolute Gasteiger partial charge is 0.374 e. The molecular weight excluding hydrogens is 218 g/mol. The maximum atomic E-state index is 6.22. The van der Waals surface area contributed by atoms with Crippen LogP contribution < -0.4 is 5.73 Å². The van der Waals surface area contributed by atoms with E-state index in [1.54, 1.807) is 10.9 Å². The molecule has 0 amide bonds. The topological polar surface area (TPSA) is 69.2 Å². The zero-order chi connectivity index (χ0) is 12.4. The first-order valence-corrected chi connectivity index (χ1v) is 6.05. The molecule has 6 nitrogen and oxygen atoms in total. The number of rotatable bonds is 3. The molecular formula is C11H21N5O. The average molecular weight is 239 g/mol. The number of hydrogen-bond donors (Lipinski definition) is 1. The molecule has 1 aliphatic heterocycles. The lowest BCUT2D eigenvalue weighted by Gasteiger charge is -2.37. The van der Waals surface area contributed by atoms with Gasteiger partial charge in [-0.15, -0.1) is 5.10 Å². The molecule has 0 aromatic carbocycles. The van der Waals surface area contributed by atoms with Crippen molar-refractivity contribution in [1.82, 2.24) is 19.9 Å². The predicted molar refractivity (Wildman–Crippen MR) is 64.4 cm³/mol. The third-order valence-electron chi connectivity index (χ3n) is 3.35. The van der Waals surface area contributed by atoms with Crippen LogP contribution in [0.1, 0.15) is 25.6 Å². The highest BCUT2D eigenvalue weighted by Gasteiger charge is 2.29. The van der Waals surface area contributed by atoms with Crippen LogP contribution in [0.2, 0.25) is 0 Å². The van der Waals surface area contributed by atoms with E-state index >= 15 is 0 Å². The molecule has 1 aromatic rings. The van der Waals surface area contributed by atoms with Crippen molar-refractivity contribution in [2.45, 2.75) is 32.0 Å². The van der Waals surface area contributed by atoms with Crippen molar-refractivity contribution in [3.63, 3.8) is 0 Å². The minimum atomic E-state index is -0.170. The Bertz CT molecular complexity index is 364. The van der Waals surface area contributed by atoms with Gasteiger partial charge in [-0.05, 0) is 13.8 Å². The van der Waals surface area contributed by atoms with Gasteiger partial charge < -0.3 is 10.5 Å². The van der Waals surface area contributed by atoms with Crippen LogP contribution in [-0.4, -0.2) is 51.7 Å². The summed E-state index contributed by atoms with van der Waals surface area (Å²) in [7, 11) is 1.85. The second kappa shape index (κ2) is 5.12. The van der Waals surface area contributed by atoms with Gasteiger partial charge in [0.25, 0.3) is 0 Å². The molecule has 2 unspecified atom stereocenters. The van der Waals surface area contributed by atoms with Crippen LogP contribution in [-0.2, 0) is 11.8 Å². The third kappa shape index (κ3) is 2.65. The first-order chi connectivity index (χ1) is 8.09. The maximum Gasteiger partial charge on any atom is 0.0910 e. The molecule has 2 rings (SSSR count). The van der Waals surface area contributed by atoms with Gasteiger partial charge in [-0.25, -0.2) is 0 Å². The fourth-order valence-corrected chi connectivity index (χ4v) is 2.17. The van der Waals surface area contributed by atoms with E-state index in [2.05, 4.69) is 29.1 Å². The van der Waals surface area contributed by atoms with Crippen molar-refractivity contribution in [3.8, 4) is 0 Å². The van der Waals surface area contributed by atoms with E-state index in [0.29, 0.717) is 6.04 Å². The number of aromatic nitrogens is 3. The summed E-state index contributed by atoms with van der Waals surface area (Å²) in [5.41, 5.74) is 7.14. The van der Waals surface area contributed by atoms with Crippen LogP contribution >= 0.6 is 0 Å². The standard InChI is InChI=1S/C11H21N5O/c1-8(2)16-4-5-17-10(7-16)11(12)9-6-13-14-15(9)3/h6,8,10-11H,4-5,7,12H2,1-3H3. The lowest BCUT2D eigenvalue weighted by Crippen LogP contribution is -2.49. The Hall–Kier alpha value is -0.980. The number of morpholine rings is 1. The van der Waals surface area contributed by atoms with E-state index in [1.807, 2.05) is 7.05 Å². The molecule has 17 heavy (non-hydrogen) atoms. The van der Waals surface area contributed by atoms with E-state index in [9.17, 15) is 0 Å². The van der Waals surface area contributed by atoms with Gasteiger partial charge >= 0.3 is 0 Å². The second-order valence-electron chi connectivity index (χ2n) is 4.81. The second-order valence-corrected chi connectivity index (χ2v) is 4.81. The summed E-state index contributed by atoms with van der Waals surface area (Å²) in [6, 6.07) is 0.356. The number of nitrogens with zero attached hydrogens (tertiary/aromatic N) is 4. The molecule has 2 atom stereocenters. The van der Waals surface area contributed by atoms with E-state index in [0.717, 1.165) is 25.4 Å². The highest BCUT2D eigenvalue weighted by atomic mass is 16.5. The van der Waals surface area contributed by atoms with Gasteiger partial charge in [0, 0.05) is 26.2 Å². The van der Waals surface area contributed by atoms with Crippen molar-refractivity contribution >= 4 is 0 Å². The lowest BCUT2D eigenvalue weighted by atomic mass is 10.1. The van der Waals surface area contributed by atoms with Crippen molar-refractivity contribution in [3.05, 3.63) is 11.9 Å². The normalized spacial score (nSPS) is 24.2. The van der Waals surface area contributed by atoms with E-state index in [-0.39, 0.29) is 12.1 Å². The Morgan fingerprint density at radius 2 is 2.29 bits per heavy atom. The van der Waals surface area contributed by atoms with E-state index < -0.39 is 0 Å². The quantitative estimate of drug-likeness (QED) is 0.799. The molecule has 0 spiro atoms. The summed E-state index contributed by atoms with van der Waals surface area (Å²) in [5, 5.41) is 7.76. The van der Waals surface area contributed by atoms with E-state index in [4.69, 9.17) is 10.5 Å². The van der Waals surface area contributed by atoms with Crippen LogP contribution in [0.5, 0.6) is 0 Å². The fraction of sp³-hybridized carbons (Fsp3) is 0.818. The summed E-state index contributed by atoms with van der Waals surface area (Å²) in [4.78, 5) is 2.39. The minimum absolute atomic E-state index is 0.0170. The molecule has 96 valence electrons. The Kier molecular flexibility index (Phi) is 3.76. The molecule has 0 aliphatic carbocycles. The summed E-state index contributed by atoms with van der Waals surface area (Å²) in [6.07, 6.45) is 1.73. The summed E-state index contributed by atoms with van der Waals surface area (Å²) >= 11 is 0.